The first-order valence-electron chi connectivity index (χ1n) is 10.5. The predicted octanol–water partition coefficient (Wildman–Crippen LogP) is 6.50. The van der Waals surface area contributed by atoms with E-state index in [2.05, 4.69) is 19.1 Å². The van der Waals surface area contributed by atoms with Crippen LogP contribution in [-0.2, 0) is 11.3 Å². The molecule has 4 nitrogen and oxygen atoms in total. The van der Waals surface area contributed by atoms with Gasteiger partial charge >= 0.3 is 6.09 Å². The first kappa shape index (κ1) is 20.5. The van der Waals surface area contributed by atoms with Gasteiger partial charge in [0.15, 0.2) is 0 Å². The minimum Gasteiger partial charge on any atom is -0.488 e. The third kappa shape index (κ3) is 4.10. The number of hydrogen-bond donors (Lipinski definition) is 0. The molecule has 4 rings (SSSR count). The van der Waals surface area contributed by atoms with Gasteiger partial charge in [-0.15, -0.1) is 11.6 Å². The lowest BCUT2D eigenvalue weighted by molar-refractivity contribution is 0.152. The summed E-state index contributed by atoms with van der Waals surface area (Å²) >= 11 is 6.30. The third-order valence-corrected chi connectivity index (χ3v) is 5.87. The van der Waals surface area contributed by atoms with Gasteiger partial charge < -0.3 is 9.47 Å². The summed E-state index contributed by atoms with van der Waals surface area (Å²) in [5.41, 5.74) is 3.03. The van der Waals surface area contributed by atoms with Crippen molar-refractivity contribution in [2.24, 2.45) is 0 Å². The molecule has 1 atom stereocenters. The van der Waals surface area contributed by atoms with E-state index >= 15 is 0 Å². The summed E-state index contributed by atoms with van der Waals surface area (Å²) in [4.78, 5) is 14.5. The minimum absolute atomic E-state index is 0.0634. The average molecular weight is 424 g/mol. The number of unbranched alkanes of at least 4 members (excludes halogenated alkanes) is 1. The fraction of sp³-hybridized carbons (Fsp3) is 0.320. The van der Waals surface area contributed by atoms with Crippen LogP contribution in [0.15, 0.2) is 60.7 Å². The molecular weight excluding hydrogens is 398 g/mol. The number of anilines is 1. The smallest absolute Gasteiger partial charge is 0.414 e. The molecule has 0 spiro atoms. The average Bonchev–Trinajstić information content (AvgIpc) is 3.17. The van der Waals surface area contributed by atoms with Gasteiger partial charge in [0.2, 0.25) is 0 Å². The molecule has 0 radical (unpaired) electrons. The van der Waals surface area contributed by atoms with Gasteiger partial charge in [0.1, 0.15) is 12.4 Å². The summed E-state index contributed by atoms with van der Waals surface area (Å²) < 4.78 is 11.7. The van der Waals surface area contributed by atoms with Gasteiger partial charge in [0, 0.05) is 29.8 Å². The van der Waals surface area contributed by atoms with Gasteiger partial charge in [-0.05, 0) is 22.9 Å². The van der Waals surface area contributed by atoms with Gasteiger partial charge in [0.05, 0.1) is 12.3 Å². The van der Waals surface area contributed by atoms with Crippen LogP contribution in [0.3, 0.4) is 0 Å². The molecular formula is C25H26ClNO3. The Morgan fingerprint density at radius 3 is 2.57 bits per heavy atom. The fourth-order valence-electron chi connectivity index (χ4n) is 3.95. The zero-order chi connectivity index (χ0) is 20.9. The van der Waals surface area contributed by atoms with Crippen molar-refractivity contribution >= 4 is 34.2 Å². The Labute approximate surface area is 182 Å². The molecule has 1 aliphatic heterocycles. The van der Waals surface area contributed by atoms with Crippen molar-refractivity contribution in [2.75, 3.05) is 23.9 Å². The lowest BCUT2D eigenvalue weighted by Crippen LogP contribution is -2.31. The number of fused-ring (bicyclic) bond motifs is 3. The van der Waals surface area contributed by atoms with Crippen molar-refractivity contribution in [3.8, 4) is 5.75 Å². The normalized spacial score (nSPS) is 15.3. The maximum absolute atomic E-state index is 12.8. The molecule has 156 valence electrons. The molecule has 3 aromatic rings. The lowest BCUT2D eigenvalue weighted by Gasteiger charge is -2.19. The second-order valence-electron chi connectivity index (χ2n) is 7.56. The first-order chi connectivity index (χ1) is 14.7. The molecule has 0 saturated heterocycles. The highest BCUT2D eigenvalue weighted by atomic mass is 35.5. The van der Waals surface area contributed by atoms with E-state index in [1.807, 2.05) is 48.5 Å². The van der Waals surface area contributed by atoms with Crippen LogP contribution in [0, 0.1) is 0 Å². The number of amides is 1. The van der Waals surface area contributed by atoms with Crippen molar-refractivity contribution in [3.05, 3.63) is 71.8 Å². The number of ether oxygens (including phenoxy) is 2. The summed E-state index contributed by atoms with van der Waals surface area (Å²) in [6.45, 7) is 3.49. The number of nitrogens with zero attached hydrogens (tertiary/aromatic N) is 1. The fourth-order valence-corrected chi connectivity index (χ4v) is 4.20. The molecule has 30 heavy (non-hydrogen) atoms. The number of rotatable bonds is 7. The molecule has 3 aromatic carbocycles. The maximum atomic E-state index is 12.8. The van der Waals surface area contributed by atoms with Crippen LogP contribution in [0.5, 0.6) is 5.75 Å². The van der Waals surface area contributed by atoms with E-state index in [4.69, 9.17) is 21.1 Å². The molecule has 1 aliphatic rings. The number of hydrogen-bond acceptors (Lipinski definition) is 3. The Bertz CT molecular complexity index is 1020. The van der Waals surface area contributed by atoms with Crippen LogP contribution in [-0.4, -0.2) is 25.1 Å². The molecule has 0 bridgehead atoms. The van der Waals surface area contributed by atoms with Crippen molar-refractivity contribution in [1.82, 2.24) is 0 Å². The van der Waals surface area contributed by atoms with Gasteiger partial charge in [-0.2, -0.15) is 0 Å². The molecule has 5 heteroatoms. The predicted molar refractivity (Wildman–Crippen MR) is 122 cm³/mol. The third-order valence-electron chi connectivity index (χ3n) is 5.50. The molecule has 0 aliphatic carbocycles. The largest absolute Gasteiger partial charge is 0.488 e. The van der Waals surface area contributed by atoms with Crippen molar-refractivity contribution in [3.63, 3.8) is 0 Å². The molecule has 0 N–H and O–H groups in total. The summed E-state index contributed by atoms with van der Waals surface area (Å²) in [5.74, 6) is 1.27. The number of halogens is 1. The van der Waals surface area contributed by atoms with Gasteiger partial charge in [-0.1, -0.05) is 67.9 Å². The number of benzene rings is 3. The number of alkyl halides is 1. The molecule has 1 amide bonds. The van der Waals surface area contributed by atoms with Crippen molar-refractivity contribution < 1.29 is 14.3 Å². The Hall–Kier alpha value is -2.72. The van der Waals surface area contributed by atoms with Crippen LogP contribution in [0.25, 0.3) is 10.8 Å². The Balaban J connectivity index is 1.71. The van der Waals surface area contributed by atoms with E-state index < -0.39 is 0 Å². The van der Waals surface area contributed by atoms with Crippen LogP contribution < -0.4 is 9.64 Å². The highest BCUT2D eigenvalue weighted by Gasteiger charge is 2.35. The second-order valence-corrected chi connectivity index (χ2v) is 7.87. The summed E-state index contributed by atoms with van der Waals surface area (Å²) in [6.07, 6.45) is 1.52. The minimum atomic E-state index is -0.318. The summed E-state index contributed by atoms with van der Waals surface area (Å²) in [6, 6.07) is 20.2. The van der Waals surface area contributed by atoms with E-state index in [1.165, 1.54) is 0 Å². The quantitative estimate of drug-likeness (QED) is 0.321. The monoisotopic (exact) mass is 423 g/mol. The van der Waals surface area contributed by atoms with E-state index in [-0.39, 0.29) is 12.0 Å². The highest BCUT2D eigenvalue weighted by molar-refractivity contribution is 6.19. The standard InChI is InChI=1S/C25H26ClNO3/c1-2-3-13-29-25(28)27-16-19(15-26)24-21-12-8-7-11-20(21)23(14-22(24)27)30-17-18-9-5-4-6-10-18/h4-12,14,19H,2-3,13,15-17H2,1H3. The van der Waals surface area contributed by atoms with Crippen LogP contribution in [0.2, 0.25) is 0 Å². The first-order valence-corrected chi connectivity index (χ1v) is 11.0. The van der Waals surface area contributed by atoms with E-state index in [0.29, 0.717) is 25.6 Å². The summed E-state index contributed by atoms with van der Waals surface area (Å²) in [7, 11) is 0. The SMILES string of the molecule is CCCCOC(=O)N1CC(CCl)c2c1cc(OCc1ccccc1)c1ccccc21. The van der Waals surface area contributed by atoms with Crippen LogP contribution >= 0.6 is 11.6 Å². The molecule has 1 heterocycles. The number of carbonyl (C=O) groups excluding carboxylic acids is 1. The Morgan fingerprint density at radius 1 is 1.10 bits per heavy atom. The van der Waals surface area contributed by atoms with E-state index in [1.54, 1.807) is 4.90 Å². The van der Waals surface area contributed by atoms with Gasteiger partial charge in [-0.3, -0.25) is 4.90 Å². The zero-order valence-corrected chi connectivity index (χ0v) is 17.9. The second kappa shape index (κ2) is 9.40. The maximum Gasteiger partial charge on any atom is 0.414 e. The van der Waals surface area contributed by atoms with Crippen molar-refractivity contribution in [2.45, 2.75) is 32.3 Å². The molecule has 0 saturated carbocycles. The zero-order valence-electron chi connectivity index (χ0n) is 17.1. The summed E-state index contributed by atoms with van der Waals surface area (Å²) in [5, 5.41) is 2.11. The van der Waals surface area contributed by atoms with Gasteiger partial charge in [-0.25, -0.2) is 4.79 Å². The van der Waals surface area contributed by atoms with Gasteiger partial charge in [0.25, 0.3) is 0 Å². The van der Waals surface area contributed by atoms with Crippen LogP contribution in [0.4, 0.5) is 10.5 Å². The highest BCUT2D eigenvalue weighted by Crippen LogP contribution is 2.45. The molecule has 1 unspecified atom stereocenters. The molecule has 0 fully saturated rings. The topological polar surface area (TPSA) is 38.8 Å². The Morgan fingerprint density at radius 2 is 1.83 bits per heavy atom. The molecule has 0 aromatic heterocycles. The lowest BCUT2D eigenvalue weighted by atomic mass is 9.95. The number of carbonyl (C=O) groups is 1. The van der Waals surface area contributed by atoms with E-state index in [9.17, 15) is 4.79 Å². The van der Waals surface area contributed by atoms with Crippen LogP contribution in [0.1, 0.15) is 36.8 Å². The van der Waals surface area contributed by atoms with E-state index in [0.717, 1.165) is 46.2 Å². The van der Waals surface area contributed by atoms with Crippen molar-refractivity contribution in [1.29, 1.82) is 0 Å². The Kier molecular flexibility index (Phi) is 6.44.